The number of hydrogen-bond acceptors (Lipinski definition) is 4. The van der Waals surface area contributed by atoms with E-state index >= 15 is 0 Å². The Balaban J connectivity index is 2.76. The lowest BCUT2D eigenvalue weighted by molar-refractivity contribution is 0.552. The van der Waals surface area contributed by atoms with E-state index in [9.17, 15) is 12.3 Å². The SMILES string of the molecule is O=S(=O)(F)c1cnc2c(Br)csc2c1. The van der Waals surface area contributed by atoms with Gasteiger partial charge in [0.25, 0.3) is 0 Å². The summed E-state index contributed by atoms with van der Waals surface area (Å²) in [5.74, 6) is 0. The molecule has 0 saturated carbocycles. The van der Waals surface area contributed by atoms with E-state index in [1.54, 1.807) is 5.38 Å². The van der Waals surface area contributed by atoms with Gasteiger partial charge in [-0.1, -0.05) is 0 Å². The quantitative estimate of drug-likeness (QED) is 0.760. The Labute approximate surface area is 91.9 Å². The van der Waals surface area contributed by atoms with E-state index in [1.807, 2.05) is 0 Å². The molecule has 0 fully saturated rings. The highest BCUT2D eigenvalue weighted by molar-refractivity contribution is 9.10. The van der Waals surface area contributed by atoms with Gasteiger partial charge in [-0.2, -0.15) is 8.42 Å². The van der Waals surface area contributed by atoms with Gasteiger partial charge >= 0.3 is 10.2 Å². The molecular formula is C7H3BrFNO2S2. The molecule has 0 aliphatic carbocycles. The van der Waals surface area contributed by atoms with E-state index < -0.39 is 15.1 Å². The van der Waals surface area contributed by atoms with Crippen molar-refractivity contribution in [2.45, 2.75) is 4.90 Å². The van der Waals surface area contributed by atoms with Gasteiger partial charge in [-0.3, -0.25) is 4.98 Å². The Morgan fingerprint density at radius 2 is 2.21 bits per heavy atom. The van der Waals surface area contributed by atoms with Crippen LogP contribution in [-0.2, 0) is 10.2 Å². The maximum atomic E-state index is 12.6. The van der Waals surface area contributed by atoms with Gasteiger partial charge in [-0.15, -0.1) is 15.2 Å². The Kier molecular flexibility index (Phi) is 2.32. The van der Waals surface area contributed by atoms with Crippen molar-refractivity contribution in [1.82, 2.24) is 4.98 Å². The largest absolute Gasteiger partial charge is 0.333 e. The highest BCUT2D eigenvalue weighted by Gasteiger charge is 2.14. The summed E-state index contributed by atoms with van der Waals surface area (Å²) in [6, 6.07) is 1.27. The van der Waals surface area contributed by atoms with Gasteiger partial charge < -0.3 is 0 Å². The van der Waals surface area contributed by atoms with Crippen molar-refractivity contribution in [3.63, 3.8) is 0 Å². The predicted octanol–water partition coefficient (Wildman–Crippen LogP) is 2.72. The zero-order valence-electron chi connectivity index (χ0n) is 6.57. The molecule has 0 bridgehead atoms. The van der Waals surface area contributed by atoms with E-state index in [-0.39, 0.29) is 0 Å². The van der Waals surface area contributed by atoms with Crippen LogP contribution in [0.3, 0.4) is 0 Å². The number of fused-ring (bicyclic) bond motifs is 1. The van der Waals surface area contributed by atoms with Gasteiger partial charge in [0.1, 0.15) is 4.90 Å². The second-order valence-corrected chi connectivity index (χ2v) is 5.65. The van der Waals surface area contributed by atoms with E-state index in [2.05, 4.69) is 20.9 Å². The fourth-order valence-corrected chi connectivity index (χ4v) is 3.05. The summed E-state index contributed by atoms with van der Waals surface area (Å²) in [7, 11) is -4.66. The minimum atomic E-state index is -4.66. The van der Waals surface area contributed by atoms with Crippen LogP contribution in [0.1, 0.15) is 0 Å². The third kappa shape index (κ3) is 1.67. The fraction of sp³-hybridized carbons (Fsp3) is 0. The molecule has 2 rings (SSSR count). The van der Waals surface area contributed by atoms with Crippen LogP contribution >= 0.6 is 27.3 Å². The van der Waals surface area contributed by atoms with Crippen molar-refractivity contribution >= 4 is 47.7 Å². The molecule has 3 nitrogen and oxygen atoms in total. The van der Waals surface area contributed by atoms with Gasteiger partial charge in [0.15, 0.2) is 0 Å². The second-order valence-electron chi connectivity index (χ2n) is 2.54. The molecule has 0 spiro atoms. The molecular weight excluding hydrogens is 293 g/mol. The molecule has 0 aromatic carbocycles. The van der Waals surface area contributed by atoms with Crippen molar-refractivity contribution in [3.8, 4) is 0 Å². The van der Waals surface area contributed by atoms with Crippen LogP contribution in [0, 0.1) is 0 Å². The zero-order chi connectivity index (χ0) is 10.3. The first-order valence-corrected chi connectivity index (χ1v) is 6.51. The van der Waals surface area contributed by atoms with Crippen LogP contribution in [-0.4, -0.2) is 13.4 Å². The number of rotatable bonds is 1. The van der Waals surface area contributed by atoms with Crippen molar-refractivity contribution in [2.75, 3.05) is 0 Å². The zero-order valence-corrected chi connectivity index (χ0v) is 9.79. The van der Waals surface area contributed by atoms with E-state index in [4.69, 9.17) is 0 Å². The molecule has 2 aromatic rings. The molecule has 0 atom stereocenters. The Bertz CT molecular complexity index is 593. The summed E-state index contributed by atoms with van der Waals surface area (Å²) in [5.41, 5.74) is 0.641. The number of hydrogen-bond donors (Lipinski definition) is 0. The molecule has 0 N–H and O–H groups in total. The van der Waals surface area contributed by atoms with Crippen molar-refractivity contribution in [2.24, 2.45) is 0 Å². The minimum Gasteiger partial charge on any atom is -0.253 e. The molecule has 14 heavy (non-hydrogen) atoms. The summed E-state index contributed by atoms with van der Waals surface area (Å²) in [4.78, 5) is 3.45. The highest BCUT2D eigenvalue weighted by Crippen LogP contribution is 2.30. The number of halogens is 2. The maximum Gasteiger partial charge on any atom is 0.333 e. The summed E-state index contributed by atoms with van der Waals surface area (Å²) < 4.78 is 35.1. The molecule has 74 valence electrons. The van der Waals surface area contributed by atoms with E-state index in [0.717, 1.165) is 10.7 Å². The van der Waals surface area contributed by atoms with Crippen LogP contribution in [0.25, 0.3) is 10.2 Å². The smallest absolute Gasteiger partial charge is 0.253 e. The van der Waals surface area contributed by atoms with Crippen LogP contribution < -0.4 is 0 Å². The Morgan fingerprint density at radius 1 is 1.50 bits per heavy atom. The number of nitrogens with zero attached hydrogens (tertiary/aromatic N) is 1. The lowest BCUT2D eigenvalue weighted by Crippen LogP contribution is -1.92. The first kappa shape index (κ1) is 10.0. The molecule has 0 amide bonds. The molecule has 0 saturated heterocycles. The molecule has 2 heterocycles. The van der Waals surface area contributed by atoms with Gasteiger partial charge in [-0.25, -0.2) is 0 Å². The van der Waals surface area contributed by atoms with Gasteiger partial charge in [-0.05, 0) is 22.0 Å². The van der Waals surface area contributed by atoms with Crippen LogP contribution in [0.4, 0.5) is 3.89 Å². The molecule has 7 heteroatoms. The average Bonchev–Trinajstić information content (AvgIpc) is 2.46. The third-order valence-corrected chi connectivity index (χ3v) is 4.24. The first-order valence-electron chi connectivity index (χ1n) is 3.46. The molecule has 2 aromatic heterocycles. The van der Waals surface area contributed by atoms with Crippen LogP contribution in [0.15, 0.2) is 27.0 Å². The number of thiophene rings is 1. The van der Waals surface area contributed by atoms with Crippen LogP contribution in [0.5, 0.6) is 0 Å². The van der Waals surface area contributed by atoms with Crippen molar-refractivity contribution < 1.29 is 12.3 Å². The minimum absolute atomic E-state index is 0.403. The average molecular weight is 296 g/mol. The molecule has 0 aliphatic heterocycles. The molecule has 0 aliphatic rings. The monoisotopic (exact) mass is 295 g/mol. The summed E-state index contributed by atoms with van der Waals surface area (Å²) in [5, 5.41) is 1.77. The Morgan fingerprint density at radius 3 is 2.86 bits per heavy atom. The predicted molar refractivity (Wildman–Crippen MR) is 55.6 cm³/mol. The van der Waals surface area contributed by atoms with Crippen molar-refractivity contribution in [1.29, 1.82) is 0 Å². The summed E-state index contributed by atoms with van der Waals surface area (Å²) in [6.45, 7) is 0. The molecule has 0 radical (unpaired) electrons. The van der Waals surface area contributed by atoms with Gasteiger partial charge in [0.2, 0.25) is 0 Å². The Hall–Kier alpha value is -0.530. The molecule has 0 unspecified atom stereocenters. The van der Waals surface area contributed by atoms with Gasteiger partial charge in [0.05, 0.1) is 14.7 Å². The van der Waals surface area contributed by atoms with Gasteiger partial charge in [0, 0.05) is 11.6 Å². The number of pyridine rings is 1. The second kappa shape index (κ2) is 3.25. The summed E-state index contributed by atoms with van der Waals surface area (Å²) >= 11 is 4.55. The lowest BCUT2D eigenvalue weighted by Gasteiger charge is -1.94. The number of aromatic nitrogens is 1. The van der Waals surface area contributed by atoms with E-state index in [0.29, 0.717) is 10.2 Å². The van der Waals surface area contributed by atoms with Crippen molar-refractivity contribution in [3.05, 3.63) is 22.1 Å². The maximum absolute atomic E-state index is 12.6. The third-order valence-electron chi connectivity index (χ3n) is 1.62. The van der Waals surface area contributed by atoms with E-state index in [1.165, 1.54) is 17.4 Å². The summed E-state index contributed by atoms with van der Waals surface area (Å²) in [6.07, 6.45) is 1.01. The van der Waals surface area contributed by atoms with Crippen LogP contribution in [0.2, 0.25) is 0 Å². The topological polar surface area (TPSA) is 47.0 Å². The normalized spacial score (nSPS) is 12.1. The highest BCUT2D eigenvalue weighted by atomic mass is 79.9. The fourth-order valence-electron chi connectivity index (χ4n) is 1.00. The standard InChI is InChI=1S/C7H3BrFNO2S2/c8-5-3-13-6-1-4(14(9,11)12)2-10-7(5)6/h1-3H. The first-order chi connectivity index (χ1) is 6.48. The lowest BCUT2D eigenvalue weighted by atomic mass is 10.4.